The third-order valence-corrected chi connectivity index (χ3v) is 6.17. The molecule has 0 aliphatic carbocycles. The Morgan fingerprint density at radius 2 is 1.76 bits per heavy atom. The largest absolute Gasteiger partial charge is 0.417 e. The topological polar surface area (TPSA) is 24.3 Å². The Morgan fingerprint density at radius 1 is 1.00 bits per heavy atom. The number of likely N-dealkylation sites (N-methyl/N-ethyl adjacent to an activating group) is 1. The van der Waals surface area contributed by atoms with Gasteiger partial charge >= 0.3 is 6.18 Å². The van der Waals surface area contributed by atoms with Gasteiger partial charge in [-0.15, -0.1) is 0 Å². The summed E-state index contributed by atoms with van der Waals surface area (Å²) in [6, 6.07) is 8.66. The summed E-state index contributed by atoms with van der Waals surface area (Å²) < 4.78 is 43.2. The fraction of sp³-hybridized carbons (Fsp3) is 0.409. The van der Waals surface area contributed by atoms with Gasteiger partial charge in [0.1, 0.15) is 0 Å². The Labute approximate surface area is 167 Å². The molecule has 4 nitrogen and oxygen atoms in total. The molecule has 1 fully saturated rings. The van der Waals surface area contributed by atoms with Crippen LogP contribution in [0.3, 0.4) is 0 Å². The number of hydrogen-bond acceptors (Lipinski definition) is 3. The SMILES string of the molecule is Cc1cc(N2CCN(C)CC2)cc2c3n(nc12)CCc1cccc(C(F)(F)F)c1-3. The maximum absolute atomic E-state index is 13.8. The molecular weight excluding hydrogens is 377 g/mol. The number of nitrogens with zero attached hydrogens (tertiary/aromatic N) is 4. The Morgan fingerprint density at radius 3 is 2.48 bits per heavy atom. The van der Waals surface area contributed by atoms with Crippen molar-refractivity contribution in [2.75, 3.05) is 38.1 Å². The summed E-state index contributed by atoms with van der Waals surface area (Å²) in [7, 11) is 2.11. The molecule has 5 rings (SSSR count). The van der Waals surface area contributed by atoms with Crippen molar-refractivity contribution in [3.63, 3.8) is 0 Å². The highest BCUT2D eigenvalue weighted by molar-refractivity contribution is 5.99. The Kier molecular flexibility index (Phi) is 4.13. The maximum atomic E-state index is 13.8. The lowest BCUT2D eigenvalue weighted by molar-refractivity contribution is -0.137. The molecule has 3 heterocycles. The predicted molar refractivity (Wildman–Crippen MR) is 108 cm³/mol. The van der Waals surface area contributed by atoms with Crippen LogP contribution in [0, 0.1) is 6.92 Å². The standard InChI is InChI=1S/C22H23F3N4/c1-14-12-16(28-10-8-27(2)9-11-28)13-17-20(14)26-29-7-6-15-4-3-5-18(22(23,24)25)19(15)21(17)29/h3-5,12-13H,6-11H2,1-2H3. The van der Waals surface area contributed by atoms with Crippen molar-refractivity contribution < 1.29 is 13.2 Å². The smallest absolute Gasteiger partial charge is 0.369 e. The summed E-state index contributed by atoms with van der Waals surface area (Å²) in [6.07, 6.45) is -3.83. The number of piperazine rings is 1. The van der Waals surface area contributed by atoms with Crippen LogP contribution in [0.1, 0.15) is 16.7 Å². The van der Waals surface area contributed by atoms with E-state index in [1.54, 1.807) is 4.68 Å². The van der Waals surface area contributed by atoms with E-state index in [-0.39, 0.29) is 0 Å². The van der Waals surface area contributed by atoms with Crippen LogP contribution in [0.2, 0.25) is 0 Å². The second kappa shape index (κ2) is 6.49. The molecule has 0 bridgehead atoms. The summed E-state index contributed by atoms with van der Waals surface area (Å²) in [5.74, 6) is 0. The van der Waals surface area contributed by atoms with Crippen molar-refractivity contribution in [2.24, 2.45) is 0 Å². The van der Waals surface area contributed by atoms with Crippen LogP contribution < -0.4 is 4.90 Å². The van der Waals surface area contributed by atoms with Crippen molar-refractivity contribution in [1.29, 1.82) is 0 Å². The summed E-state index contributed by atoms with van der Waals surface area (Å²) in [4.78, 5) is 4.60. The lowest BCUT2D eigenvalue weighted by atomic mass is 9.91. The van der Waals surface area contributed by atoms with Gasteiger partial charge in [0.25, 0.3) is 0 Å². The predicted octanol–water partition coefficient (Wildman–Crippen LogP) is 4.34. The second-order valence-electron chi connectivity index (χ2n) is 8.11. The molecule has 2 aliphatic rings. The van der Waals surface area contributed by atoms with E-state index in [1.165, 1.54) is 12.1 Å². The van der Waals surface area contributed by atoms with E-state index in [9.17, 15) is 13.2 Å². The average Bonchev–Trinajstić information content (AvgIpc) is 3.07. The molecule has 0 spiro atoms. The van der Waals surface area contributed by atoms with Gasteiger partial charge in [0, 0.05) is 49.4 Å². The van der Waals surface area contributed by atoms with Crippen LogP contribution in [0.25, 0.3) is 22.2 Å². The zero-order valence-electron chi connectivity index (χ0n) is 16.6. The molecule has 1 aromatic heterocycles. The molecule has 1 saturated heterocycles. The van der Waals surface area contributed by atoms with E-state index in [1.807, 2.05) is 19.1 Å². The van der Waals surface area contributed by atoms with Crippen LogP contribution in [-0.2, 0) is 19.1 Å². The third-order valence-electron chi connectivity index (χ3n) is 6.17. The Balaban J connectivity index is 1.73. The van der Waals surface area contributed by atoms with Crippen molar-refractivity contribution in [3.8, 4) is 11.3 Å². The number of fused-ring (bicyclic) bond motifs is 5. The molecule has 0 atom stereocenters. The minimum absolute atomic E-state index is 0.295. The zero-order chi connectivity index (χ0) is 20.3. The molecule has 3 aromatic rings. The van der Waals surface area contributed by atoms with E-state index >= 15 is 0 Å². The van der Waals surface area contributed by atoms with Gasteiger partial charge < -0.3 is 9.80 Å². The molecule has 0 amide bonds. The van der Waals surface area contributed by atoms with Crippen LogP contribution in [-0.4, -0.2) is 47.9 Å². The molecular formula is C22H23F3N4. The summed E-state index contributed by atoms with van der Waals surface area (Å²) in [5.41, 5.74) is 3.94. The highest BCUT2D eigenvalue weighted by Gasteiger charge is 2.37. The molecule has 152 valence electrons. The van der Waals surface area contributed by atoms with Gasteiger partial charge in [0.15, 0.2) is 0 Å². The quantitative estimate of drug-likeness (QED) is 0.607. The maximum Gasteiger partial charge on any atom is 0.417 e. The van der Waals surface area contributed by atoms with Gasteiger partial charge in [-0.3, -0.25) is 4.68 Å². The molecule has 0 N–H and O–H groups in total. The van der Waals surface area contributed by atoms with Crippen LogP contribution in [0.15, 0.2) is 30.3 Å². The van der Waals surface area contributed by atoms with Gasteiger partial charge in [0.05, 0.1) is 16.8 Å². The number of anilines is 1. The normalized spacial score (nSPS) is 17.5. The van der Waals surface area contributed by atoms with Crippen molar-refractivity contribution >= 4 is 16.6 Å². The number of rotatable bonds is 1. The first kappa shape index (κ1) is 18.5. The number of halogens is 3. The monoisotopic (exact) mass is 400 g/mol. The average molecular weight is 400 g/mol. The van der Waals surface area contributed by atoms with Gasteiger partial charge in [-0.05, 0) is 49.7 Å². The lowest BCUT2D eigenvalue weighted by Gasteiger charge is -2.34. The van der Waals surface area contributed by atoms with E-state index in [0.29, 0.717) is 24.2 Å². The van der Waals surface area contributed by atoms with Crippen molar-refractivity contribution in [1.82, 2.24) is 14.7 Å². The van der Waals surface area contributed by atoms with E-state index in [4.69, 9.17) is 5.10 Å². The highest BCUT2D eigenvalue weighted by Crippen LogP contribution is 2.44. The molecule has 2 aromatic carbocycles. The molecule has 0 radical (unpaired) electrons. The molecule has 2 aliphatic heterocycles. The summed E-state index contributed by atoms with van der Waals surface area (Å²) in [6.45, 7) is 6.37. The minimum atomic E-state index is -4.39. The first-order valence-corrected chi connectivity index (χ1v) is 9.97. The zero-order valence-corrected chi connectivity index (χ0v) is 16.6. The van der Waals surface area contributed by atoms with E-state index in [0.717, 1.165) is 53.9 Å². The van der Waals surface area contributed by atoms with E-state index < -0.39 is 11.7 Å². The fourth-order valence-corrected chi connectivity index (χ4v) is 4.61. The van der Waals surface area contributed by atoms with E-state index in [2.05, 4.69) is 22.9 Å². The molecule has 0 unspecified atom stereocenters. The highest BCUT2D eigenvalue weighted by atomic mass is 19.4. The third kappa shape index (κ3) is 2.99. The van der Waals surface area contributed by atoms with Gasteiger partial charge in [-0.2, -0.15) is 18.3 Å². The van der Waals surface area contributed by atoms with Crippen LogP contribution in [0.4, 0.5) is 18.9 Å². The van der Waals surface area contributed by atoms with Crippen LogP contribution in [0.5, 0.6) is 0 Å². The molecule has 7 heteroatoms. The number of aryl methyl sites for hydroxylation is 3. The van der Waals surface area contributed by atoms with Gasteiger partial charge in [0.2, 0.25) is 0 Å². The number of aromatic nitrogens is 2. The first-order chi connectivity index (χ1) is 13.8. The Bertz CT molecular complexity index is 1090. The first-order valence-electron chi connectivity index (χ1n) is 9.97. The molecule has 0 saturated carbocycles. The van der Waals surface area contributed by atoms with Crippen molar-refractivity contribution in [3.05, 3.63) is 47.0 Å². The number of alkyl halides is 3. The summed E-state index contributed by atoms with van der Waals surface area (Å²) >= 11 is 0. The Hall–Kier alpha value is -2.54. The minimum Gasteiger partial charge on any atom is -0.369 e. The number of benzene rings is 2. The van der Waals surface area contributed by atoms with Gasteiger partial charge in [-0.25, -0.2) is 0 Å². The second-order valence-corrected chi connectivity index (χ2v) is 8.11. The summed E-state index contributed by atoms with van der Waals surface area (Å²) in [5, 5.41) is 5.51. The lowest BCUT2D eigenvalue weighted by Crippen LogP contribution is -2.44. The van der Waals surface area contributed by atoms with Gasteiger partial charge in [-0.1, -0.05) is 12.1 Å². The fourth-order valence-electron chi connectivity index (χ4n) is 4.61. The van der Waals surface area contributed by atoms with Crippen molar-refractivity contribution in [2.45, 2.75) is 26.1 Å². The van der Waals surface area contributed by atoms with Crippen LogP contribution >= 0.6 is 0 Å². The molecule has 29 heavy (non-hydrogen) atoms. The number of hydrogen-bond donors (Lipinski definition) is 0.